The van der Waals surface area contributed by atoms with E-state index in [0.717, 1.165) is 47.6 Å². The first-order valence-electron chi connectivity index (χ1n) is 9.67. The van der Waals surface area contributed by atoms with Gasteiger partial charge in [0.05, 0.1) is 35.2 Å². The maximum atomic E-state index is 9.43. The van der Waals surface area contributed by atoms with Crippen molar-refractivity contribution in [2.75, 3.05) is 43.4 Å². The van der Waals surface area contributed by atoms with Crippen LogP contribution in [-0.2, 0) is 0 Å². The molecule has 150 valence electrons. The predicted octanol–water partition coefficient (Wildman–Crippen LogP) is 2.43. The number of aromatic nitrogens is 3. The van der Waals surface area contributed by atoms with Crippen molar-refractivity contribution < 1.29 is 9.52 Å². The number of likely N-dealkylation sites (N-methyl/N-ethyl adjacent to an activating group) is 1. The van der Waals surface area contributed by atoms with E-state index in [9.17, 15) is 5.11 Å². The number of nitrogens with zero attached hydrogens (tertiary/aromatic N) is 4. The van der Waals surface area contributed by atoms with E-state index >= 15 is 0 Å². The van der Waals surface area contributed by atoms with Gasteiger partial charge in [-0.2, -0.15) is 4.98 Å². The second kappa shape index (κ2) is 8.42. The minimum Gasteiger partial charge on any atom is -0.424 e. The van der Waals surface area contributed by atoms with Crippen molar-refractivity contribution >= 4 is 33.8 Å². The first-order valence-corrected chi connectivity index (χ1v) is 9.67. The van der Waals surface area contributed by atoms with Gasteiger partial charge in [-0.05, 0) is 42.9 Å². The number of hydrogen-bond donors (Lipinski definition) is 3. The van der Waals surface area contributed by atoms with E-state index in [1.165, 1.54) is 0 Å². The Bertz CT molecular complexity index is 1130. The van der Waals surface area contributed by atoms with Crippen molar-refractivity contribution in [3.05, 3.63) is 42.6 Å². The molecule has 0 saturated heterocycles. The summed E-state index contributed by atoms with van der Waals surface area (Å²) in [5.74, 6) is 0. The van der Waals surface area contributed by atoms with E-state index in [-0.39, 0.29) is 12.6 Å². The maximum Gasteiger partial charge on any atom is 0.292 e. The summed E-state index contributed by atoms with van der Waals surface area (Å²) in [6.07, 6.45) is 1.83. The molecular weight excluding hydrogens is 368 g/mol. The smallest absolute Gasteiger partial charge is 0.292 e. The lowest BCUT2D eigenvalue weighted by Gasteiger charge is -2.24. The molecule has 0 fully saturated rings. The summed E-state index contributed by atoms with van der Waals surface area (Å²) >= 11 is 0. The van der Waals surface area contributed by atoms with Crippen molar-refractivity contribution in [2.45, 2.75) is 6.92 Å². The number of aliphatic hydroxyl groups is 1. The fourth-order valence-corrected chi connectivity index (χ4v) is 3.32. The molecule has 4 aromatic rings. The van der Waals surface area contributed by atoms with E-state index < -0.39 is 0 Å². The highest BCUT2D eigenvalue weighted by Crippen LogP contribution is 2.26. The van der Waals surface area contributed by atoms with Crippen LogP contribution in [0.1, 0.15) is 6.92 Å². The summed E-state index contributed by atoms with van der Waals surface area (Å²) < 4.78 is 5.34. The number of hydrogen-bond acceptors (Lipinski definition) is 8. The third-order valence-corrected chi connectivity index (χ3v) is 4.77. The van der Waals surface area contributed by atoms with Gasteiger partial charge in [0, 0.05) is 25.2 Å². The van der Waals surface area contributed by atoms with Gasteiger partial charge in [-0.25, -0.2) is 4.98 Å². The maximum absolute atomic E-state index is 9.43. The highest BCUT2D eigenvalue weighted by molar-refractivity contribution is 5.84. The molecular formula is C21H24N6O2. The third-order valence-electron chi connectivity index (χ3n) is 4.77. The fraction of sp³-hybridized carbons (Fsp3) is 0.286. The monoisotopic (exact) mass is 392 g/mol. The summed E-state index contributed by atoms with van der Waals surface area (Å²) in [7, 11) is 0. The summed E-state index contributed by atoms with van der Waals surface area (Å²) in [5.41, 5.74) is 11.3. The number of nitrogens with one attached hydrogen (secondary N) is 1. The molecule has 0 amide bonds. The SMILES string of the molecule is CCNCCN(CCO)c1cnc2ccc(-c3ccc4oc(N)nc4c3)nc2c1. The highest BCUT2D eigenvalue weighted by atomic mass is 16.4. The number of pyridine rings is 2. The van der Waals surface area contributed by atoms with Crippen molar-refractivity contribution in [3.8, 4) is 11.3 Å². The molecule has 4 rings (SSSR count). The zero-order valence-corrected chi connectivity index (χ0v) is 16.3. The van der Waals surface area contributed by atoms with Gasteiger partial charge in [0.2, 0.25) is 0 Å². The van der Waals surface area contributed by atoms with E-state index in [1.54, 1.807) is 0 Å². The van der Waals surface area contributed by atoms with Gasteiger partial charge in [0.25, 0.3) is 6.01 Å². The summed E-state index contributed by atoms with van der Waals surface area (Å²) in [6.45, 7) is 5.23. The number of aliphatic hydroxyl groups excluding tert-OH is 1. The average Bonchev–Trinajstić information content (AvgIpc) is 3.11. The van der Waals surface area contributed by atoms with Gasteiger partial charge < -0.3 is 25.5 Å². The first kappa shape index (κ1) is 19.1. The van der Waals surface area contributed by atoms with Crippen LogP contribution in [0.5, 0.6) is 0 Å². The van der Waals surface area contributed by atoms with Crippen molar-refractivity contribution in [1.82, 2.24) is 20.3 Å². The lowest BCUT2D eigenvalue weighted by atomic mass is 10.1. The fourth-order valence-electron chi connectivity index (χ4n) is 3.32. The number of benzene rings is 1. The van der Waals surface area contributed by atoms with Crippen molar-refractivity contribution in [3.63, 3.8) is 0 Å². The van der Waals surface area contributed by atoms with Gasteiger partial charge in [-0.1, -0.05) is 6.92 Å². The summed E-state index contributed by atoms with van der Waals surface area (Å²) in [4.78, 5) is 15.6. The Hall–Kier alpha value is -3.23. The minimum atomic E-state index is 0.0818. The molecule has 0 spiro atoms. The van der Waals surface area contributed by atoms with Gasteiger partial charge in [0.15, 0.2) is 5.58 Å². The number of anilines is 2. The second-order valence-corrected chi connectivity index (χ2v) is 6.73. The Morgan fingerprint density at radius 3 is 2.79 bits per heavy atom. The van der Waals surface area contributed by atoms with Gasteiger partial charge >= 0.3 is 0 Å². The molecule has 4 N–H and O–H groups in total. The quantitative estimate of drug-likeness (QED) is 0.392. The Morgan fingerprint density at radius 1 is 1.07 bits per heavy atom. The van der Waals surface area contributed by atoms with E-state index in [1.807, 2.05) is 42.6 Å². The van der Waals surface area contributed by atoms with Gasteiger partial charge in [0.1, 0.15) is 5.52 Å². The number of rotatable bonds is 8. The van der Waals surface area contributed by atoms with Crippen LogP contribution in [0.2, 0.25) is 0 Å². The van der Waals surface area contributed by atoms with Crippen LogP contribution >= 0.6 is 0 Å². The third kappa shape index (κ3) is 4.13. The van der Waals surface area contributed by atoms with Crippen LogP contribution in [0.3, 0.4) is 0 Å². The molecule has 0 bridgehead atoms. The molecule has 8 nitrogen and oxygen atoms in total. The normalized spacial score (nSPS) is 11.4. The molecule has 0 atom stereocenters. The zero-order chi connectivity index (χ0) is 20.2. The van der Waals surface area contributed by atoms with Gasteiger partial charge in [-0.15, -0.1) is 0 Å². The largest absolute Gasteiger partial charge is 0.424 e. The lowest BCUT2D eigenvalue weighted by molar-refractivity contribution is 0.302. The average molecular weight is 392 g/mol. The Kier molecular flexibility index (Phi) is 5.55. The Balaban J connectivity index is 1.67. The van der Waals surface area contributed by atoms with Crippen LogP contribution < -0.4 is 16.0 Å². The van der Waals surface area contributed by atoms with E-state index in [2.05, 4.69) is 27.1 Å². The van der Waals surface area contributed by atoms with Crippen molar-refractivity contribution in [1.29, 1.82) is 0 Å². The van der Waals surface area contributed by atoms with Crippen LogP contribution in [0.25, 0.3) is 33.4 Å². The summed E-state index contributed by atoms with van der Waals surface area (Å²) in [5, 5.41) is 12.7. The topological polar surface area (TPSA) is 113 Å². The summed E-state index contributed by atoms with van der Waals surface area (Å²) in [6, 6.07) is 11.8. The number of nitrogen functional groups attached to an aromatic ring is 1. The predicted molar refractivity (Wildman–Crippen MR) is 115 cm³/mol. The molecule has 0 aliphatic carbocycles. The minimum absolute atomic E-state index is 0.0818. The van der Waals surface area contributed by atoms with Crippen LogP contribution in [-0.4, -0.2) is 52.8 Å². The Labute approximate surface area is 168 Å². The van der Waals surface area contributed by atoms with Crippen LogP contribution in [0.4, 0.5) is 11.7 Å². The highest BCUT2D eigenvalue weighted by Gasteiger charge is 2.10. The molecule has 0 aliphatic rings. The molecule has 3 aromatic heterocycles. The van der Waals surface area contributed by atoms with Crippen LogP contribution in [0.15, 0.2) is 47.0 Å². The van der Waals surface area contributed by atoms with E-state index in [4.69, 9.17) is 15.1 Å². The molecule has 0 aliphatic heterocycles. The molecule has 8 heteroatoms. The molecule has 0 unspecified atom stereocenters. The molecule has 3 heterocycles. The Morgan fingerprint density at radius 2 is 1.97 bits per heavy atom. The number of nitrogens with two attached hydrogens (primary N) is 1. The standard InChI is InChI=1S/C21H24N6O2/c1-2-23-7-8-27(9-10-28)15-12-18-17(24-13-15)5-4-16(25-18)14-3-6-20-19(11-14)26-21(22)29-20/h3-6,11-13,23,28H,2,7-10H2,1H3,(H2,22,26). The number of fused-ring (bicyclic) bond motifs is 2. The second-order valence-electron chi connectivity index (χ2n) is 6.73. The molecule has 0 radical (unpaired) electrons. The molecule has 0 saturated carbocycles. The van der Waals surface area contributed by atoms with Crippen LogP contribution in [0, 0.1) is 0 Å². The lowest BCUT2D eigenvalue weighted by Crippen LogP contribution is -2.34. The van der Waals surface area contributed by atoms with E-state index in [0.29, 0.717) is 17.6 Å². The van der Waals surface area contributed by atoms with Crippen molar-refractivity contribution in [2.24, 2.45) is 0 Å². The molecule has 29 heavy (non-hydrogen) atoms. The van der Waals surface area contributed by atoms with Gasteiger partial charge in [-0.3, -0.25) is 4.98 Å². The number of oxazole rings is 1. The first-order chi connectivity index (χ1) is 14.2. The zero-order valence-electron chi connectivity index (χ0n) is 16.3. The molecule has 1 aromatic carbocycles.